The first-order chi connectivity index (χ1) is 10.8. The summed E-state index contributed by atoms with van der Waals surface area (Å²) >= 11 is 0. The summed E-state index contributed by atoms with van der Waals surface area (Å²) in [5, 5.41) is 0. The molecule has 0 aliphatic carbocycles. The van der Waals surface area contributed by atoms with Gasteiger partial charge in [0.05, 0.1) is 0 Å². The summed E-state index contributed by atoms with van der Waals surface area (Å²) in [5.41, 5.74) is 0. The third kappa shape index (κ3) is 18.1. The summed E-state index contributed by atoms with van der Waals surface area (Å²) in [7, 11) is 0. The Morgan fingerprint density at radius 3 is 1.32 bits per heavy atom. The first-order valence-electron chi connectivity index (χ1n) is 10.6. The normalized spacial score (nSPS) is 12.7. The van der Waals surface area contributed by atoms with Crippen molar-refractivity contribution in [3.05, 3.63) is 6.92 Å². The lowest BCUT2D eigenvalue weighted by Crippen LogP contribution is -1.94. The van der Waals surface area contributed by atoms with Crippen molar-refractivity contribution in [2.24, 2.45) is 5.92 Å². The zero-order chi connectivity index (χ0) is 16.3. The maximum Gasteiger partial charge on any atom is -0.0443 e. The molecule has 0 aromatic carbocycles. The standard InChI is InChI=1S/C22H45/c1-4-6-8-9-10-11-12-13-14-15-16-17-18-19-21-22(3)20-7-5-2/h22H,2,4-21H2,1,3H3. The molecule has 0 aromatic heterocycles. The minimum absolute atomic E-state index is 0.930. The summed E-state index contributed by atoms with van der Waals surface area (Å²) in [6, 6.07) is 0. The molecule has 0 aromatic rings. The highest BCUT2D eigenvalue weighted by Crippen LogP contribution is 2.17. The number of hydrogen-bond donors (Lipinski definition) is 0. The first kappa shape index (κ1) is 22.0. The zero-order valence-corrected chi connectivity index (χ0v) is 16.0. The van der Waals surface area contributed by atoms with Crippen LogP contribution < -0.4 is 0 Å². The average molecular weight is 310 g/mol. The van der Waals surface area contributed by atoms with Gasteiger partial charge in [0, 0.05) is 0 Å². The second-order valence-corrected chi connectivity index (χ2v) is 7.49. The molecule has 0 saturated carbocycles. The van der Waals surface area contributed by atoms with Crippen LogP contribution in [-0.4, -0.2) is 0 Å². The molecule has 1 radical (unpaired) electrons. The van der Waals surface area contributed by atoms with Crippen LogP contribution in [0, 0.1) is 12.8 Å². The Labute approximate surface area is 142 Å². The van der Waals surface area contributed by atoms with E-state index in [0.717, 1.165) is 12.3 Å². The molecule has 0 aliphatic rings. The van der Waals surface area contributed by atoms with Crippen LogP contribution in [0.4, 0.5) is 0 Å². The Hall–Kier alpha value is 0. The van der Waals surface area contributed by atoms with Gasteiger partial charge >= 0.3 is 0 Å². The van der Waals surface area contributed by atoms with E-state index in [9.17, 15) is 0 Å². The highest BCUT2D eigenvalue weighted by atomic mass is 14.1. The fourth-order valence-electron chi connectivity index (χ4n) is 3.32. The fourth-order valence-corrected chi connectivity index (χ4v) is 3.32. The Kier molecular flexibility index (Phi) is 19.0. The Morgan fingerprint density at radius 1 is 0.545 bits per heavy atom. The maximum absolute atomic E-state index is 3.93. The van der Waals surface area contributed by atoms with Gasteiger partial charge in [-0.1, -0.05) is 136 Å². The van der Waals surface area contributed by atoms with Crippen molar-refractivity contribution in [1.82, 2.24) is 0 Å². The molecule has 0 heteroatoms. The molecular formula is C22H45. The van der Waals surface area contributed by atoms with Crippen molar-refractivity contribution in [2.45, 2.75) is 129 Å². The monoisotopic (exact) mass is 309 g/mol. The molecule has 1 unspecified atom stereocenters. The molecule has 0 fully saturated rings. The van der Waals surface area contributed by atoms with Crippen LogP contribution in [0.5, 0.6) is 0 Å². The van der Waals surface area contributed by atoms with Gasteiger partial charge in [-0.15, -0.1) is 0 Å². The van der Waals surface area contributed by atoms with Gasteiger partial charge in [-0.3, -0.25) is 0 Å². The molecule has 0 N–H and O–H groups in total. The van der Waals surface area contributed by atoms with Crippen LogP contribution in [-0.2, 0) is 0 Å². The van der Waals surface area contributed by atoms with E-state index in [1.165, 1.54) is 109 Å². The minimum atomic E-state index is 0.930. The first-order valence-corrected chi connectivity index (χ1v) is 10.6. The molecular weight excluding hydrogens is 264 g/mol. The molecule has 0 saturated heterocycles. The summed E-state index contributed by atoms with van der Waals surface area (Å²) in [4.78, 5) is 0. The predicted octanol–water partition coefficient (Wildman–Crippen LogP) is 8.50. The van der Waals surface area contributed by atoms with Gasteiger partial charge in [0.1, 0.15) is 0 Å². The summed E-state index contributed by atoms with van der Waals surface area (Å²) < 4.78 is 0. The van der Waals surface area contributed by atoms with Crippen molar-refractivity contribution in [3.63, 3.8) is 0 Å². The number of rotatable bonds is 18. The summed E-state index contributed by atoms with van der Waals surface area (Å²) in [6.45, 7) is 8.64. The molecule has 0 nitrogen and oxygen atoms in total. The second kappa shape index (κ2) is 19.0. The smallest absolute Gasteiger partial charge is 0.0443 e. The summed E-state index contributed by atoms with van der Waals surface area (Å²) in [5.74, 6) is 0.930. The molecule has 0 amide bonds. The lowest BCUT2D eigenvalue weighted by atomic mass is 9.97. The van der Waals surface area contributed by atoms with Crippen LogP contribution in [0.15, 0.2) is 0 Å². The van der Waals surface area contributed by atoms with Gasteiger partial charge in [-0.05, 0) is 5.92 Å². The fraction of sp³-hybridized carbons (Fsp3) is 0.955. The SMILES string of the molecule is [CH2]CCCC(C)CCCCCCCCCCCCCCCC. The van der Waals surface area contributed by atoms with E-state index in [1.807, 2.05) is 0 Å². The Bertz CT molecular complexity index is 184. The quantitative estimate of drug-likeness (QED) is 0.223. The minimum Gasteiger partial charge on any atom is -0.0654 e. The van der Waals surface area contributed by atoms with E-state index < -0.39 is 0 Å². The van der Waals surface area contributed by atoms with Crippen LogP contribution >= 0.6 is 0 Å². The molecule has 0 rings (SSSR count). The second-order valence-electron chi connectivity index (χ2n) is 7.49. The van der Waals surface area contributed by atoms with Crippen molar-refractivity contribution in [1.29, 1.82) is 0 Å². The number of unbranched alkanes of at least 4 members (excludes halogenated alkanes) is 14. The van der Waals surface area contributed by atoms with Crippen LogP contribution in [0.25, 0.3) is 0 Å². The number of hydrogen-bond acceptors (Lipinski definition) is 0. The molecule has 0 heterocycles. The Morgan fingerprint density at radius 2 is 0.909 bits per heavy atom. The van der Waals surface area contributed by atoms with Crippen molar-refractivity contribution in [2.75, 3.05) is 0 Å². The Balaban J connectivity index is 3.02. The van der Waals surface area contributed by atoms with Crippen molar-refractivity contribution >= 4 is 0 Å². The van der Waals surface area contributed by atoms with E-state index in [2.05, 4.69) is 20.8 Å². The highest BCUT2D eigenvalue weighted by molar-refractivity contribution is 4.56. The van der Waals surface area contributed by atoms with Gasteiger partial charge in [0.15, 0.2) is 0 Å². The third-order valence-corrected chi connectivity index (χ3v) is 5.00. The van der Waals surface area contributed by atoms with Gasteiger partial charge < -0.3 is 0 Å². The molecule has 0 aliphatic heterocycles. The molecule has 0 bridgehead atoms. The highest BCUT2D eigenvalue weighted by Gasteiger charge is 2.01. The maximum atomic E-state index is 3.93. The molecule has 22 heavy (non-hydrogen) atoms. The largest absolute Gasteiger partial charge is 0.0654 e. The zero-order valence-electron chi connectivity index (χ0n) is 16.0. The van der Waals surface area contributed by atoms with E-state index in [4.69, 9.17) is 0 Å². The predicted molar refractivity (Wildman–Crippen MR) is 103 cm³/mol. The molecule has 1 atom stereocenters. The van der Waals surface area contributed by atoms with Gasteiger partial charge in [-0.2, -0.15) is 0 Å². The van der Waals surface area contributed by atoms with Crippen LogP contribution in [0.1, 0.15) is 129 Å². The van der Waals surface area contributed by atoms with Gasteiger partial charge in [-0.25, -0.2) is 0 Å². The third-order valence-electron chi connectivity index (χ3n) is 5.00. The van der Waals surface area contributed by atoms with Gasteiger partial charge in [0.25, 0.3) is 0 Å². The van der Waals surface area contributed by atoms with Crippen LogP contribution in [0.2, 0.25) is 0 Å². The topological polar surface area (TPSA) is 0 Å². The van der Waals surface area contributed by atoms with Gasteiger partial charge in [0.2, 0.25) is 0 Å². The average Bonchev–Trinajstić information content (AvgIpc) is 2.53. The van der Waals surface area contributed by atoms with Crippen molar-refractivity contribution in [3.8, 4) is 0 Å². The van der Waals surface area contributed by atoms with E-state index in [-0.39, 0.29) is 0 Å². The van der Waals surface area contributed by atoms with Crippen LogP contribution in [0.3, 0.4) is 0 Å². The lowest BCUT2D eigenvalue weighted by Gasteiger charge is -2.10. The molecule has 133 valence electrons. The van der Waals surface area contributed by atoms with E-state index in [0.29, 0.717) is 0 Å². The summed E-state index contributed by atoms with van der Waals surface area (Å²) in [6.07, 6.45) is 25.8. The lowest BCUT2D eigenvalue weighted by molar-refractivity contribution is 0.443. The molecule has 0 spiro atoms. The van der Waals surface area contributed by atoms with E-state index >= 15 is 0 Å². The van der Waals surface area contributed by atoms with Crippen molar-refractivity contribution < 1.29 is 0 Å². The van der Waals surface area contributed by atoms with E-state index in [1.54, 1.807) is 0 Å².